The Morgan fingerprint density at radius 1 is 0.727 bits per heavy atom. The van der Waals surface area contributed by atoms with E-state index >= 15 is 0 Å². The van der Waals surface area contributed by atoms with Gasteiger partial charge >= 0.3 is 0 Å². The van der Waals surface area contributed by atoms with Crippen molar-refractivity contribution in [1.82, 2.24) is 9.97 Å². The second-order valence-electron chi connectivity index (χ2n) is 4.83. The zero-order valence-corrected chi connectivity index (χ0v) is 11.2. The van der Waals surface area contributed by atoms with E-state index in [4.69, 9.17) is 0 Å². The van der Waals surface area contributed by atoms with E-state index in [1.807, 2.05) is 0 Å². The molecule has 0 aliphatic heterocycles. The molecule has 0 atom stereocenters. The van der Waals surface area contributed by atoms with Gasteiger partial charge in [0.15, 0.2) is 0 Å². The number of hydrogen-bond donors (Lipinski definition) is 1. The minimum absolute atomic E-state index is 0.217. The van der Waals surface area contributed by atoms with E-state index in [0.717, 1.165) is 36.4 Å². The fourth-order valence-electron chi connectivity index (χ4n) is 2.45. The van der Waals surface area contributed by atoms with Gasteiger partial charge in [-0.25, -0.2) is 22.5 Å². The number of nitrogens with one attached hydrogen (secondary N) is 1. The normalized spacial score (nSPS) is 11.1. The highest BCUT2D eigenvalue weighted by Gasteiger charge is 2.21. The van der Waals surface area contributed by atoms with Gasteiger partial charge in [-0.3, -0.25) is 0 Å². The Hall–Kier alpha value is -2.63. The Balaban J connectivity index is 2.20. The fourth-order valence-corrected chi connectivity index (χ4v) is 2.45. The van der Waals surface area contributed by atoms with Crippen molar-refractivity contribution in [2.45, 2.75) is 5.92 Å². The topological polar surface area (TPSA) is 28.7 Å². The van der Waals surface area contributed by atoms with Crippen LogP contribution in [-0.4, -0.2) is 9.97 Å². The van der Waals surface area contributed by atoms with Crippen LogP contribution in [0.1, 0.15) is 22.7 Å². The van der Waals surface area contributed by atoms with Crippen molar-refractivity contribution in [3.63, 3.8) is 0 Å². The van der Waals surface area contributed by atoms with Gasteiger partial charge in [0.05, 0.1) is 17.9 Å². The zero-order chi connectivity index (χ0) is 15.7. The van der Waals surface area contributed by atoms with Gasteiger partial charge in [-0.1, -0.05) is 0 Å². The highest BCUT2D eigenvalue weighted by molar-refractivity contribution is 5.40. The minimum Gasteiger partial charge on any atom is -0.351 e. The number of benzene rings is 2. The first-order valence-electron chi connectivity index (χ1n) is 6.43. The third kappa shape index (κ3) is 2.86. The van der Waals surface area contributed by atoms with E-state index in [1.165, 1.54) is 12.5 Å². The molecule has 2 aromatic carbocycles. The molecule has 112 valence electrons. The van der Waals surface area contributed by atoms with Gasteiger partial charge in [0.2, 0.25) is 0 Å². The molecule has 2 nitrogen and oxygen atoms in total. The lowest BCUT2D eigenvalue weighted by atomic mass is 9.88. The van der Waals surface area contributed by atoms with Crippen LogP contribution in [-0.2, 0) is 0 Å². The van der Waals surface area contributed by atoms with Crippen LogP contribution in [0.15, 0.2) is 48.9 Å². The summed E-state index contributed by atoms with van der Waals surface area (Å²) in [4.78, 5) is 6.76. The molecular weight excluding hydrogens is 296 g/mol. The molecule has 1 aromatic heterocycles. The Morgan fingerprint density at radius 3 is 1.55 bits per heavy atom. The zero-order valence-electron chi connectivity index (χ0n) is 11.2. The van der Waals surface area contributed by atoms with Crippen LogP contribution in [0.2, 0.25) is 0 Å². The van der Waals surface area contributed by atoms with Crippen LogP contribution in [0.25, 0.3) is 0 Å². The smallest absolute Gasteiger partial charge is 0.126 e. The van der Waals surface area contributed by atoms with Crippen molar-refractivity contribution in [3.8, 4) is 0 Å². The minimum atomic E-state index is -0.790. The Labute approximate surface area is 123 Å². The number of aromatic nitrogens is 2. The maximum atomic E-state index is 13.5. The van der Waals surface area contributed by atoms with Gasteiger partial charge in [-0.15, -0.1) is 0 Å². The number of nitrogens with zero attached hydrogens (tertiary/aromatic N) is 1. The summed E-state index contributed by atoms with van der Waals surface area (Å²) in [5, 5.41) is 0. The molecule has 0 unspecified atom stereocenters. The second kappa shape index (κ2) is 5.63. The molecule has 3 aromatic rings. The molecule has 0 fully saturated rings. The van der Waals surface area contributed by atoms with E-state index in [9.17, 15) is 17.6 Å². The van der Waals surface area contributed by atoms with Gasteiger partial charge < -0.3 is 4.98 Å². The third-order valence-corrected chi connectivity index (χ3v) is 3.25. The van der Waals surface area contributed by atoms with Crippen molar-refractivity contribution < 1.29 is 17.6 Å². The van der Waals surface area contributed by atoms with E-state index in [0.29, 0.717) is 5.69 Å². The molecule has 0 bridgehead atoms. The number of hydrogen-bond acceptors (Lipinski definition) is 1. The average molecular weight is 306 g/mol. The molecule has 1 heterocycles. The summed E-state index contributed by atoms with van der Waals surface area (Å²) in [6.07, 6.45) is 2.89. The van der Waals surface area contributed by atoms with Crippen LogP contribution >= 0.6 is 0 Å². The van der Waals surface area contributed by atoms with E-state index in [2.05, 4.69) is 9.97 Å². The highest BCUT2D eigenvalue weighted by atomic mass is 19.1. The van der Waals surface area contributed by atoms with Gasteiger partial charge in [-0.05, 0) is 35.4 Å². The molecule has 22 heavy (non-hydrogen) atoms. The third-order valence-electron chi connectivity index (χ3n) is 3.25. The summed E-state index contributed by atoms with van der Waals surface area (Å²) in [7, 11) is 0. The van der Waals surface area contributed by atoms with E-state index in [-0.39, 0.29) is 11.1 Å². The van der Waals surface area contributed by atoms with Gasteiger partial charge in [0.25, 0.3) is 0 Å². The Morgan fingerprint density at radius 2 is 1.18 bits per heavy atom. The fraction of sp³-hybridized carbons (Fsp3) is 0.0625. The van der Waals surface area contributed by atoms with Crippen molar-refractivity contribution in [1.29, 1.82) is 0 Å². The first-order valence-corrected chi connectivity index (χ1v) is 6.43. The van der Waals surface area contributed by atoms with Crippen LogP contribution in [0.5, 0.6) is 0 Å². The van der Waals surface area contributed by atoms with Crippen molar-refractivity contribution >= 4 is 0 Å². The van der Waals surface area contributed by atoms with Crippen LogP contribution in [0, 0.1) is 23.3 Å². The molecule has 0 saturated carbocycles. The number of rotatable bonds is 3. The number of aromatic amines is 1. The van der Waals surface area contributed by atoms with Crippen molar-refractivity contribution in [2.24, 2.45) is 0 Å². The van der Waals surface area contributed by atoms with E-state index < -0.39 is 29.2 Å². The van der Waals surface area contributed by atoms with Crippen LogP contribution in [0.3, 0.4) is 0 Å². The quantitative estimate of drug-likeness (QED) is 0.724. The average Bonchev–Trinajstić information content (AvgIpc) is 2.90. The summed E-state index contributed by atoms with van der Waals surface area (Å²) in [5.74, 6) is -3.87. The van der Waals surface area contributed by atoms with E-state index in [1.54, 1.807) is 0 Å². The lowest BCUT2D eigenvalue weighted by Crippen LogP contribution is -2.06. The number of imidazole rings is 1. The molecule has 3 rings (SSSR count). The molecule has 0 saturated heterocycles. The number of H-pyrrole nitrogens is 1. The predicted octanol–water partition coefficient (Wildman–Crippen LogP) is 4.15. The monoisotopic (exact) mass is 306 g/mol. The summed E-state index contributed by atoms with van der Waals surface area (Å²) in [6.45, 7) is 0. The molecule has 1 N–H and O–H groups in total. The van der Waals surface area contributed by atoms with Gasteiger partial charge in [-0.2, -0.15) is 0 Å². The Kier molecular flexibility index (Phi) is 3.66. The highest BCUT2D eigenvalue weighted by Crippen LogP contribution is 2.32. The SMILES string of the molecule is Fc1cc(F)cc(C(c2cc(F)cc(F)c2)c2c[nH]cn2)c1. The first-order chi connectivity index (χ1) is 10.5. The molecule has 0 radical (unpaired) electrons. The van der Waals surface area contributed by atoms with Crippen molar-refractivity contribution in [2.75, 3.05) is 0 Å². The second-order valence-corrected chi connectivity index (χ2v) is 4.83. The lowest BCUT2D eigenvalue weighted by molar-refractivity contribution is 0.574. The first kappa shape index (κ1) is 14.3. The van der Waals surface area contributed by atoms with Gasteiger partial charge in [0, 0.05) is 18.3 Å². The molecule has 0 spiro atoms. The van der Waals surface area contributed by atoms with Gasteiger partial charge in [0.1, 0.15) is 23.3 Å². The standard InChI is InChI=1S/C16H10F4N2/c17-11-1-9(2-12(18)5-11)16(15-7-21-8-22-15)10-3-13(19)6-14(20)4-10/h1-8,16H,(H,21,22). The van der Waals surface area contributed by atoms with Crippen LogP contribution in [0.4, 0.5) is 17.6 Å². The summed E-state index contributed by atoms with van der Waals surface area (Å²) < 4.78 is 54.0. The molecule has 0 aliphatic rings. The lowest BCUT2D eigenvalue weighted by Gasteiger charge is -2.16. The summed E-state index contributed by atoms with van der Waals surface area (Å²) >= 11 is 0. The van der Waals surface area contributed by atoms with Crippen molar-refractivity contribution in [3.05, 3.63) is 89.0 Å². The Bertz CT molecular complexity index is 708. The molecular formula is C16H10F4N2. The predicted molar refractivity (Wildman–Crippen MR) is 72.2 cm³/mol. The maximum absolute atomic E-state index is 13.5. The van der Waals surface area contributed by atoms with Crippen LogP contribution < -0.4 is 0 Å². The largest absolute Gasteiger partial charge is 0.351 e. The number of halogens is 4. The molecule has 0 amide bonds. The summed E-state index contributed by atoms with van der Waals surface area (Å²) in [5.41, 5.74) is 0.833. The summed E-state index contributed by atoms with van der Waals surface area (Å²) in [6, 6.07) is 5.93. The molecule has 6 heteroatoms. The maximum Gasteiger partial charge on any atom is 0.126 e. The molecule has 0 aliphatic carbocycles.